The minimum Gasteiger partial charge on any atom is -0.351 e. The standard InChI is InChI=1S/C17H21N3O2/c1-2-3-7-12-18-17(22)15-10-11-16(21)20(19-15)13-14-8-5-4-6-9-14/h4-6,8-11H,2-3,7,12-13H2,1H3,(H,18,22). The molecular weight excluding hydrogens is 278 g/mol. The average Bonchev–Trinajstić information content (AvgIpc) is 2.54. The molecule has 0 radical (unpaired) electrons. The van der Waals surface area contributed by atoms with Crippen LogP contribution in [0.1, 0.15) is 42.2 Å². The van der Waals surface area contributed by atoms with Crippen molar-refractivity contribution in [3.05, 3.63) is 64.1 Å². The van der Waals surface area contributed by atoms with Crippen LogP contribution >= 0.6 is 0 Å². The Balaban J connectivity index is 2.06. The van der Waals surface area contributed by atoms with Gasteiger partial charge < -0.3 is 5.32 Å². The highest BCUT2D eigenvalue weighted by Crippen LogP contribution is 2.00. The lowest BCUT2D eigenvalue weighted by Crippen LogP contribution is -2.30. The molecule has 0 unspecified atom stereocenters. The van der Waals surface area contributed by atoms with E-state index in [-0.39, 0.29) is 17.2 Å². The van der Waals surface area contributed by atoms with Crippen LogP contribution in [0.4, 0.5) is 0 Å². The number of carbonyl (C=O) groups excluding carboxylic acids is 1. The van der Waals surface area contributed by atoms with E-state index in [1.165, 1.54) is 16.8 Å². The molecule has 0 saturated heterocycles. The van der Waals surface area contributed by atoms with Gasteiger partial charge in [0.25, 0.3) is 11.5 Å². The van der Waals surface area contributed by atoms with Gasteiger partial charge >= 0.3 is 0 Å². The van der Waals surface area contributed by atoms with Crippen molar-refractivity contribution in [2.24, 2.45) is 0 Å². The number of benzene rings is 1. The van der Waals surface area contributed by atoms with Gasteiger partial charge in [-0.05, 0) is 18.1 Å². The molecular formula is C17H21N3O2. The fraction of sp³-hybridized carbons (Fsp3) is 0.353. The highest BCUT2D eigenvalue weighted by atomic mass is 16.2. The van der Waals surface area contributed by atoms with Crippen LogP contribution in [-0.4, -0.2) is 22.2 Å². The SMILES string of the molecule is CCCCCNC(=O)c1ccc(=O)n(Cc2ccccc2)n1. The number of rotatable bonds is 7. The van der Waals surface area contributed by atoms with E-state index in [2.05, 4.69) is 17.3 Å². The van der Waals surface area contributed by atoms with Crippen molar-refractivity contribution < 1.29 is 4.79 Å². The summed E-state index contributed by atoms with van der Waals surface area (Å²) in [6, 6.07) is 12.4. The minimum atomic E-state index is -0.238. The van der Waals surface area contributed by atoms with E-state index >= 15 is 0 Å². The first-order valence-electron chi connectivity index (χ1n) is 7.61. The third-order valence-corrected chi connectivity index (χ3v) is 3.34. The summed E-state index contributed by atoms with van der Waals surface area (Å²) in [6.07, 6.45) is 3.14. The molecule has 116 valence electrons. The molecule has 2 aromatic rings. The van der Waals surface area contributed by atoms with Gasteiger partial charge in [-0.3, -0.25) is 9.59 Å². The number of aromatic nitrogens is 2. The number of amides is 1. The van der Waals surface area contributed by atoms with Gasteiger partial charge in [-0.2, -0.15) is 5.10 Å². The molecule has 0 fully saturated rings. The van der Waals surface area contributed by atoms with Gasteiger partial charge in [0, 0.05) is 12.6 Å². The lowest BCUT2D eigenvalue weighted by Gasteiger charge is -2.08. The molecule has 0 bridgehead atoms. The maximum atomic E-state index is 12.0. The summed E-state index contributed by atoms with van der Waals surface area (Å²) >= 11 is 0. The molecule has 1 aromatic carbocycles. The van der Waals surface area contributed by atoms with Gasteiger partial charge in [0.1, 0.15) is 5.69 Å². The minimum absolute atomic E-state index is 0.216. The Morgan fingerprint density at radius 1 is 1.14 bits per heavy atom. The quantitative estimate of drug-likeness (QED) is 0.797. The molecule has 5 nitrogen and oxygen atoms in total. The zero-order chi connectivity index (χ0) is 15.8. The van der Waals surface area contributed by atoms with Gasteiger partial charge in [-0.1, -0.05) is 50.1 Å². The Bertz CT molecular complexity index is 665. The summed E-state index contributed by atoms with van der Waals surface area (Å²) in [5.74, 6) is -0.238. The number of hydrogen-bond acceptors (Lipinski definition) is 3. The van der Waals surface area contributed by atoms with Crippen molar-refractivity contribution in [3.63, 3.8) is 0 Å². The molecule has 0 aliphatic carbocycles. The van der Waals surface area contributed by atoms with Crippen molar-refractivity contribution in [1.82, 2.24) is 15.1 Å². The average molecular weight is 299 g/mol. The van der Waals surface area contributed by atoms with E-state index in [1.54, 1.807) is 0 Å². The molecule has 22 heavy (non-hydrogen) atoms. The molecule has 0 aliphatic heterocycles. The molecule has 0 aliphatic rings. The van der Waals surface area contributed by atoms with Gasteiger partial charge in [0.05, 0.1) is 6.54 Å². The number of carbonyl (C=O) groups is 1. The van der Waals surface area contributed by atoms with Crippen molar-refractivity contribution in [1.29, 1.82) is 0 Å². The number of nitrogens with zero attached hydrogens (tertiary/aromatic N) is 2. The Morgan fingerprint density at radius 3 is 2.64 bits per heavy atom. The van der Waals surface area contributed by atoms with Gasteiger partial charge in [0.2, 0.25) is 0 Å². The van der Waals surface area contributed by atoms with Crippen molar-refractivity contribution in [2.45, 2.75) is 32.7 Å². The van der Waals surface area contributed by atoms with E-state index in [0.29, 0.717) is 13.1 Å². The van der Waals surface area contributed by atoms with Crippen LogP contribution in [0.5, 0.6) is 0 Å². The monoisotopic (exact) mass is 299 g/mol. The molecule has 0 saturated carbocycles. The summed E-state index contributed by atoms with van der Waals surface area (Å²) in [6.45, 7) is 3.10. The van der Waals surface area contributed by atoms with Crippen LogP contribution in [0.2, 0.25) is 0 Å². The predicted molar refractivity (Wildman–Crippen MR) is 85.9 cm³/mol. The molecule has 1 N–H and O–H groups in total. The summed E-state index contributed by atoms with van der Waals surface area (Å²) in [5, 5.41) is 6.99. The lowest BCUT2D eigenvalue weighted by atomic mass is 10.2. The Hall–Kier alpha value is -2.43. The smallest absolute Gasteiger partial charge is 0.271 e. The van der Waals surface area contributed by atoms with E-state index in [9.17, 15) is 9.59 Å². The van der Waals surface area contributed by atoms with Gasteiger partial charge in [-0.15, -0.1) is 0 Å². The highest BCUT2D eigenvalue weighted by Gasteiger charge is 2.09. The van der Waals surface area contributed by atoms with Crippen LogP contribution in [0.25, 0.3) is 0 Å². The maximum Gasteiger partial charge on any atom is 0.271 e. The van der Waals surface area contributed by atoms with Crippen LogP contribution in [0.15, 0.2) is 47.3 Å². The lowest BCUT2D eigenvalue weighted by molar-refractivity contribution is 0.0945. The van der Waals surface area contributed by atoms with Crippen LogP contribution < -0.4 is 10.9 Å². The van der Waals surface area contributed by atoms with Crippen molar-refractivity contribution >= 4 is 5.91 Å². The third kappa shape index (κ3) is 4.55. The summed E-state index contributed by atoms with van der Waals surface area (Å²) in [4.78, 5) is 23.9. The fourth-order valence-electron chi connectivity index (χ4n) is 2.11. The second kappa shape index (κ2) is 8.12. The maximum absolute atomic E-state index is 12.0. The van der Waals surface area contributed by atoms with Crippen LogP contribution in [-0.2, 0) is 6.54 Å². The zero-order valence-electron chi connectivity index (χ0n) is 12.8. The van der Waals surface area contributed by atoms with Crippen molar-refractivity contribution in [3.8, 4) is 0 Å². The first-order valence-corrected chi connectivity index (χ1v) is 7.61. The van der Waals surface area contributed by atoms with Crippen LogP contribution in [0, 0.1) is 0 Å². The summed E-state index contributed by atoms with van der Waals surface area (Å²) in [7, 11) is 0. The molecule has 5 heteroatoms. The summed E-state index contributed by atoms with van der Waals surface area (Å²) < 4.78 is 1.32. The largest absolute Gasteiger partial charge is 0.351 e. The second-order valence-electron chi connectivity index (χ2n) is 5.16. The van der Waals surface area contributed by atoms with E-state index in [4.69, 9.17) is 0 Å². The topological polar surface area (TPSA) is 64.0 Å². The fourth-order valence-corrected chi connectivity index (χ4v) is 2.11. The number of unbranched alkanes of at least 4 members (excludes halogenated alkanes) is 2. The zero-order valence-corrected chi connectivity index (χ0v) is 12.8. The van der Waals surface area contributed by atoms with Crippen LogP contribution in [0.3, 0.4) is 0 Å². The summed E-state index contributed by atoms with van der Waals surface area (Å²) in [5.41, 5.74) is 1.02. The normalized spacial score (nSPS) is 10.4. The van der Waals surface area contributed by atoms with E-state index in [0.717, 1.165) is 24.8 Å². The molecule has 2 rings (SSSR count). The second-order valence-corrected chi connectivity index (χ2v) is 5.16. The number of hydrogen-bond donors (Lipinski definition) is 1. The first-order chi connectivity index (χ1) is 10.7. The molecule has 1 heterocycles. The number of nitrogens with one attached hydrogen (secondary N) is 1. The Labute approximate surface area is 130 Å². The molecule has 1 amide bonds. The molecule has 0 atom stereocenters. The third-order valence-electron chi connectivity index (χ3n) is 3.34. The van der Waals surface area contributed by atoms with Crippen molar-refractivity contribution in [2.75, 3.05) is 6.54 Å². The Kier molecular flexibility index (Phi) is 5.89. The van der Waals surface area contributed by atoms with Gasteiger partial charge in [-0.25, -0.2) is 4.68 Å². The highest BCUT2D eigenvalue weighted by molar-refractivity contribution is 5.91. The van der Waals surface area contributed by atoms with E-state index < -0.39 is 0 Å². The molecule has 1 aromatic heterocycles. The predicted octanol–water partition coefficient (Wildman–Crippen LogP) is 2.21. The van der Waals surface area contributed by atoms with E-state index in [1.807, 2.05) is 30.3 Å². The first kappa shape index (κ1) is 15.9. The van der Waals surface area contributed by atoms with Gasteiger partial charge in [0.15, 0.2) is 0 Å². The Morgan fingerprint density at radius 2 is 1.91 bits per heavy atom. The molecule has 0 spiro atoms.